The molecule has 0 spiro atoms. The van der Waals surface area contributed by atoms with Gasteiger partial charge in [-0.15, -0.1) is 0 Å². The molecule has 0 amide bonds. The van der Waals surface area contributed by atoms with Crippen molar-refractivity contribution in [3.8, 4) is 5.82 Å². The van der Waals surface area contributed by atoms with E-state index in [2.05, 4.69) is 41.2 Å². The van der Waals surface area contributed by atoms with Crippen LogP contribution in [0.4, 0.5) is 5.82 Å². The van der Waals surface area contributed by atoms with Crippen LogP contribution in [0.1, 0.15) is 44.6 Å². The highest BCUT2D eigenvalue weighted by atomic mass is 15.3. The Bertz CT molecular complexity index is 545. The minimum Gasteiger partial charge on any atom is -0.370 e. The van der Waals surface area contributed by atoms with Crippen molar-refractivity contribution in [1.82, 2.24) is 19.7 Å². The van der Waals surface area contributed by atoms with Crippen molar-refractivity contribution in [2.45, 2.75) is 40.0 Å². The molecule has 0 saturated carbocycles. The monoisotopic (exact) mass is 259 g/mol. The Labute approximate surface area is 114 Å². The van der Waals surface area contributed by atoms with Crippen molar-refractivity contribution < 1.29 is 0 Å². The van der Waals surface area contributed by atoms with Crippen LogP contribution in [0.5, 0.6) is 0 Å². The predicted molar refractivity (Wildman–Crippen MR) is 76.8 cm³/mol. The largest absolute Gasteiger partial charge is 0.370 e. The summed E-state index contributed by atoms with van der Waals surface area (Å²) in [5.41, 5.74) is 1.07. The van der Waals surface area contributed by atoms with Gasteiger partial charge in [-0.05, 0) is 25.3 Å². The first-order valence-electron chi connectivity index (χ1n) is 6.75. The number of nitrogens with one attached hydrogen (secondary N) is 1. The van der Waals surface area contributed by atoms with Crippen molar-refractivity contribution in [3.63, 3.8) is 0 Å². The third kappa shape index (κ3) is 3.30. The van der Waals surface area contributed by atoms with Crippen LogP contribution in [0.3, 0.4) is 0 Å². The fourth-order valence-electron chi connectivity index (χ4n) is 1.79. The molecule has 0 aliphatic rings. The second-order valence-corrected chi connectivity index (χ2v) is 4.93. The van der Waals surface area contributed by atoms with Crippen molar-refractivity contribution in [3.05, 3.63) is 29.8 Å². The van der Waals surface area contributed by atoms with Crippen LogP contribution >= 0.6 is 0 Å². The van der Waals surface area contributed by atoms with Crippen LogP contribution in [0, 0.1) is 6.92 Å². The van der Waals surface area contributed by atoms with E-state index in [9.17, 15) is 0 Å². The summed E-state index contributed by atoms with van der Waals surface area (Å²) in [6.07, 6.45) is 3.01. The standard InChI is InChI=1S/C14H21N5/c1-5-7-15-13-9-14(17-11(4)16-13)19-8-6-12(18-19)10(2)3/h6,8-10H,5,7H2,1-4H3,(H,15,16,17). The van der Waals surface area contributed by atoms with Gasteiger partial charge in [0.15, 0.2) is 5.82 Å². The minimum absolute atomic E-state index is 0.418. The summed E-state index contributed by atoms with van der Waals surface area (Å²) in [6.45, 7) is 9.20. The Balaban J connectivity index is 2.29. The van der Waals surface area contributed by atoms with Gasteiger partial charge >= 0.3 is 0 Å². The van der Waals surface area contributed by atoms with E-state index in [1.54, 1.807) is 4.68 Å². The third-order valence-corrected chi connectivity index (χ3v) is 2.82. The van der Waals surface area contributed by atoms with Gasteiger partial charge in [0.05, 0.1) is 5.69 Å². The molecule has 19 heavy (non-hydrogen) atoms. The number of anilines is 1. The molecule has 0 radical (unpaired) electrons. The molecular weight excluding hydrogens is 238 g/mol. The topological polar surface area (TPSA) is 55.6 Å². The lowest BCUT2D eigenvalue weighted by atomic mass is 10.1. The van der Waals surface area contributed by atoms with Crippen LogP contribution in [0.2, 0.25) is 0 Å². The molecule has 2 aromatic rings. The van der Waals surface area contributed by atoms with Gasteiger partial charge in [0, 0.05) is 18.8 Å². The molecule has 2 aromatic heterocycles. The van der Waals surface area contributed by atoms with Crippen molar-refractivity contribution in [2.75, 3.05) is 11.9 Å². The van der Waals surface area contributed by atoms with Crippen LogP contribution < -0.4 is 5.32 Å². The van der Waals surface area contributed by atoms with E-state index in [0.29, 0.717) is 5.92 Å². The molecule has 0 bridgehead atoms. The zero-order valence-corrected chi connectivity index (χ0v) is 12.0. The summed E-state index contributed by atoms with van der Waals surface area (Å²) in [4.78, 5) is 8.81. The molecule has 0 unspecified atom stereocenters. The normalized spacial score (nSPS) is 11.0. The van der Waals surface area contributed by atoms with E-state index in [1.807, 2.05) is 25.3 Å². The summed E-state index contributed by atoms with van der Waals surface area (Å²) in [6, 6.07) is 3.96. The van der Waals surface area contributed by atoms with Gasteiger partial charge in [-0.3, -0.25) is 0 Å². The molecule has 5 nitrogen and oxygen atoms in total. The average Bonchev–Trinajstić information content (AvgIpc) is 2.85. The van der Waals surface area contributed by atoms with Crippen molar-refractivity contribution in [1.29, 1.82) is 0 Å². The lowest BCUT2D eigenvalue weighted by Crippen LogP contribution is -2.07. The summed E-state index contributed by atoms with van der Waals surface area (Å²) >= 11 is 0. The zero-order chi connectivity index (χ0) is 13.8. The maximum atomic E-state index is 4.54. The Morgan fingerprint density at radius 2 is 2.11 bits per heavy atom. The van der Waals surface area contributed by atoms with E-state index >= 15 is 0 Å². The number of nitrogens with zero attached hydrogens (tertiary/aromatic N) is 4. The fraction of sp³-hybridized carbons (Fsp3) is 0.500. The van der Waals surface area contributed by atoms with Crippen LogP contribution in [-0.4, -0.2) is 26.3 Å². The molecule has 2 rings (SSSR count). The van der Waals surface area contributed by atoms with Gasteiger partial charge in [-0.1, -0.05) is 20.8 Å². The Kier molecular flexibility index (Phi) is 4.14. The molecule has 0 aromatic carbocycles. The van der Waals surface area contributed by atoms with E-state index < -0.39 is 0 Å². The molecule has 5 heteroatoms. The lowest BCUT2D eigenvalue weighted by molar-refractivity contribution is 0.752. The minimum atomic E-state index is 0.418. The molecule has 0 aliphatic heterocycles. The van der Waals surface area contributed by atoms with Crippen LogP contribution in [0.15, 0.2) is 18.3 Å². The lowest BCUT2D eigenvalue weighted by Gasteiger charge is -2.07. The number of aromatic nitrogens is 4. The molecule has 1 N–H and O–H groups in total. The SMILES string of the molecule is CCCNc1cc(-n2ccc(C(C)C)n2)nc(C)n1. The van der Waals surface area contributed by atoms with Gasteiger partial charge in [-0.2, -0.15) is 5.10 Å². The number of hydrogen-bond acceptors (Lipinski definition) is 4. The zero-order valence-electron chi connectivity index (χ0n) is 12.0. The van der Waals surface area contributed by atoms with Crippen molar-refractivity contribution >= 4 is 5.82 Å². The molecule has 2 heterocycles. The van der Waals surface area contributed by atoms with Gasteiger partial charge < -0.3 is 5.32 Å². The number of aryl methyl sites for hydroxylation is 1. The highest BCUT2D eigenvalue weighted by Crippen LogP contribution is 2.15. The second kappa shape index (κ2) is 5.82. The predicted octanol–water partition coefficient (Wildman–Crippen LogP) is 2.92. The molecule has 0 aliphatic carbocycles. The van der Waals surface area contributed by atoms with Crippen molar-refractivity contribution in [2.24, 2.45) is 0 Å². The molecule has 0 fully saturated rings. The summed E-state index contributed by atoms with van der Waals surface area (Å²) in [7, 11) is 0. The van der Waals surface area contributed by atoms with Crippen LogP contribution in [0.25, 0.3) is 5.82 Å². The fourth-order valence-corrected chi connectivity index (χ4v) is 1.79. The van der Waals surface area contributed by atoms with Crippen LogP contribution in [-0.2, 0) is 0 Å². The molecule has 0 atom stereocenters. The molecule has 102 valence electrons. The highest BCUT2D eigenvalue weighted by Gasteiger charge is 2.07. The van der Waals surface area contributed by atoms with E-state index in [-0.39, 0.29) is 0 Å². The van der Waals surface area contributed by atoms with Gasteiger partial charge in [0.1, 0.15) is 11.6 Å². The van der Waals surface area contributed by atoms with Gasteiger partial charge in [0.2, 0.25) is 0 Å². The Hall–Kier alpha value is -1.91. The first kappa shape index (κ1) is 13.5. The highest BCUT2D eigenvalue weighted by molar-refractivity contribution is 5.41. The summed E-state index contributed by atoms with van der Waals surface area (Å²) < 4.78 is 1.81. The Morgan fingerprint density at radius 1 is 1.32 bits per heavy atom. The summed E-state index contributed by atoms with van der Waals surface area (Å²) in [5, 5.41) is 7.82. The average molecular weight is 259 g/mol. The van der Waals surface area contributed by atoms with E-state index in [4.69, 9.17) is 0 Å². The maximum Gasteiger partial charge on any atom is 0.159 e. The molecule has 0 saturated heterocycles. The van der Waals surface area contributed by atoms with E-state index in [1.165, 1.54) is 0 Å². The third-order valence-electron chi connectivity index (χ3n) is 2.82. The quantitative estimate of drug-likeness (QED) is 0.897. The number of hydrogen-bond donors (Lipinski definition) is 1. The smallest absolute Gasteiger partial charge is 0.159 e. The molecular formula is C14H21N5. The first-order chi connectivity index (χ1) is 9.10. The van der Waals surface area contributed by atoms with Gasteiger partial charge in [0.25, 0.3) is 0 Å². The summed E-state index contributed by atoms with van der Waals surface area (Å²) in [5.74, 6) is 2.82. The second-order valence-electron chi connectivity index (χ2n) is 4.93. The Morgan fingerprint density at radius 3 is 2.74 bits per heavy atom. The van der Waals surface area contributed by atoms with Gasteiger partial charge in [-0.25, -0.2) is 14.6 Å². The van der Waals surface area contributed by atoms with E-state index in [0.717, 1.165) is 36.1 Å². The first-order valence-corrected chi connectivity index (χ1v) is 6.75. The number of rotatable bonds is 5. The maximum absolute atomic E-state index is 4.54.